The normalized spacial score (nSPS) is 33.3. The lowest BCUT2D eigenvalue weighted by Crippen LogP contribution is -2.56. The highest BCUT2D eigenvalue weighted by atomic mass is 79.9. The number of hydrogen-bond donors (Lipinski definition) is 1. The third-order valence-electron chi connectivity index (χ3n) is 4.73. The third kappa shape index (κ3) is 1.69. The summed E-state index contributed by atoms with van der Waals surface area (Å²) in [6.45, 7) is 1.07. The van der Waals surface area contributed by atoms with Gasteiger partial charge < -0.3 is 15.2 Å². The van der Waals surface area contributed by atoms with E-state index in [1.807, 2.05) is 18.2 Å². The second-order valence-corrected chi connectivity index (χ2v) is 6.78. The van der Waals surface area contributed by atoms with Gasteiger partial charge in [0, 0.05) is 23.5 Å². The molecule has 6 nitrogen and oxygen atoms in total. The fourth-order valence-corrected chi connectivity index (χ4v) is 3.96. The average molecular weight is 366 g/mol. The van der Waals surface area contributed by atoms with Crippen LogP contribution in [0, 0.1) is 5.92 Å². The molecule has 116 valence electrons. The Balaban J connectivity index is 1.97. The summed E-state index contributed by atoms with van der Waals surface area (Å²) in [5.41, 5.74) is 5.67. The van der Waals surface area contributed by atoms with Gasteiger partial charge in [0.25, 0.3) is 5.91 Å². The van der Waals surface area contributed by atoms with Crippen molar-refractivity contribution in [2.75, 3.05) is 20.3 Å². The number of carbonyl (C=O) groups excluding carboxylic acids is 1. The lowest BCUT2D eigenvalue weighted by Gasteiger charge is -2.45. The predicted octanol–water partition coefficient (Wildman–Crippen LogP) is 1.23. The zero-order valence-corrected chi connectivity index (χ0v) is 13.7. The van der Waals surface area contributed by atoms with Gasteiger partial charge in [-0.3, -0.25) is 9.69 Å². The number of carbonyl (C=O) groups is 1. The fourth-order valence-electron chi connectivity index (χ4n) is 3.59. The highest BCUT2D eigenvalue weighted by Gasteiger charge is 2.60. The van der Waals surface area contributed by atoms with E-state index in [4.69, 9.17) is 15.2 Å². The molecule has 3 heterocycles. The lowest BCUT2D eigenvalue weighted by molar-refractivity contribution is -0.141. The van der Waals surface area contributed by atoms with Crippen LogP contribution in [0.1, 0.15) is 12.0 Å². The van der Waals surface area contributed by atoms with Gasteiger partial charge in [0.1, 0.15) is 11.9 Å². The van der Waals surface area contributed by atoms with Crippen LogP contribution in [0.4, 0.5) is 0 Å². The van der Waals surface area contributed by atoms with Crippen molar-refractivity contribution in [3.63, 3.8) is 0 Å². The monoisotopic (exact) mass is 365 g/mol. The van der Waals surface area contributed by atoms with Crippen molar-refractivity contribution in [1.82, 2.24) is 4.90 Å². The molecule has 1 fully saturated rings. The van der Waals surface area contributed by atoms with Crippen molar-refractivity contribution in [1.29, 1.82) is 0 Å². The number of fused-ring (bicyclic) bond motifs is 4. The molecule has 1 spiro atoms. The van der Waals surface area contributed by atoms with Gasteiger partial charge in [0.15, 0.2) is 11.5 Å². The Kier molecular flexibility index (Phi) is 2.99. The minimum Gasteiger partial charge on any atom is -0.489 e. The van der Waals surface area contributed by atoms with E-state index in [2.05, 4.69) is 20.9 Å². The van der Waals surface area contributed by atoms with Crippen LogP contribution in [0.25, 0.3) is 0 Å². The van der Waals surface area contributed by atoms with Gasteiger partial charge in [-0.25, -0.2) is 4.99 Å². The molecule has 3 aliphatic heterocycles. The Hall–Kier alpha value is -1.60. The fraction of sp³-hybridized carbons (Fsp3) is 0.467. The molecule has 4 rings (SSSR count). The zero-order valence-electron chi connectivity index (χ0n) is 12.1. The van der Waals surface area contributed by atoms with E-state index in [0.717, 1.165) is 16.5 Å². The standard InChI is InChI=1S/C15H16BrN3O3/c1-19-13(20)15(18-14(19)17)9-6-8(16)2-3-11(9)22-12-4-5-21-7-10(12)15/h2-3,6,10,12H,4-5,7H2,1H3,(H2,17,18)/t10-,12-,15-/m0/s1. The molecule has 0 saturated carbocycles. The van der Waals surface area contributed by atoms with E-state index in [9.17, 15) is 4.79 Å². The van der Waals surface area contributed by atoms with E-state index in [1.165, 1.54) is 4.90 Å². The first-order valence-electron chi connectivity index (χ1n) is 7.22. The van der Waals surface area contributed by atoms with Crippen LogP contribution in [0.3, 0.4) is 0 Å². The molecular formula is C15H16BrN3O3. The first-order valence-corrected chi connectivity index (χ1v) is 8.01. The Labute approximate surface area is 136 Å². The van der Waals surface area contributed by atoms with Gasteiger partial charge in [0.2, 0.25) is 0 Å². The van der Waals surface area contributed by atoms with E-state index in [1.54, 1.807) is 7.05 Å². The Morgan fingerprint density at radius 1 is 1.50 bits per heavy atom. The topological polar surface area (TPSA) is 77.2 Å². The summed E-state index contributed by atoms with van der Waals surface area (Å²) in [6.07, 6.45) is 0.656. The summed E-state index contributed by atoms with van der Waals surface area (Å²) in [7, 11) is 1.65. The lowest BCUT2D eigenvalue weighted by atomic mass is 9.72. The molecule has 0 bridgehead atoms. The molecule has 3 aliphatic rings. The molecular weight excluding hydrogens is 350 g/mol. The highest BCUT2D eigenvalue weighted by molar-refractivity contribution is 9.10. The van der Waals surface area contributed by atoms with Gasteiger partial charge in [-0.15, -0.1) is 0 Å². The van der Waals surface area contributed by atoms with E-state index < -0.39 is 5.54 Å². The van der Waals surface area contributed by atoms with Crippen LogP contribution >= 0.6 is 15.9 Å². The van der Waals surface area contributed by atoms with E-state index in [0.29, 0.717) is 19.0 Å². The number of halogens is 1. The SMILES string of the molecule is CN1C(=O)[C@]2(N=C1N)c1cc(Br)ccc1O[C@H]1CCOC[C@@H]12. The number of benzene rings is 1. The second-order valence-electron chi connectivity index (χ2n) is 5.87. The van der Waals surface area contributed by atoms with Gasteiger partial charge in [0.05, 0.1) is 19.1 Å². The maximum atomic E-state index is 13.0. The van der Waals surface area contributed by atoms with Crippen LogP contribution in [0.15, 0.2) is 27.7 Å². The minimum absolute atomic E-state index is 0.0885. The molecule has 3 atom stereocenters. The highest BCUT2D eigenvalue weighted by Crippen LogP contribution is 2.51. The number of likely N-dealkylation sites (N-methyl/N-ethyl adjacent to an activating group) is 1. The maximum Gasteiger partial charge on any atom is 0.262 e. The molecule has 7 heteroatoms. The zero-order chi connectivity index (χ0) is 15.5. The van der Waals surface area contributed by atoms with Crippen LogP contribution in [0.5, 0.6) is 5.75 Å². The van der Waals surface area contributed by atoms with Gasteiger partial charge in [-0.2, -0.15) is 0 Å². The molecule has 22 heavy (non-hydrogen) atoms. The number of hydrogen-bond acceptors (Lipinski definition) is 5. The predicted molar refractivity (Wildman–Crippen MR) is 83.6 cm³/mol. The number of nitrogens with two attached hydrogens (primary N) is 1. The van der Waals surface area contributed by atoms with Crippen molar-refractivity contribution in [2.45, 2.75) is 18.1 Å². The number of amides is 1. The largest absolute Gasteiger partial charge is 0.489 e. The van der Waals surface area contributed by atoms with Crippen LogP contribution in [0.2, 0.25) is 0 Å². The number of guanidine groups is 1. The molecule has 1 saturated heterocycles. The molecule has 1 aromatic rings. The number of aliphatic imine (C=N–C) groups is 1. The number of ether oxygens (including phenoxy) is 2. The van der Waals surface area contributed by atoms with E-state index in [-0.39, 0.29) is 23.9 Å². The summed E-state index contributed by atoms with van der Waals surface area (Å²) < 4.78 is 12.6. The first-order chi connectivity index (χ1) is 10.5. The van der Waals surface area contributed by atoms with Crippen molar-refractivity contribution in [3.8, 4) is 5.75 Å². The second kappa shape index (κ2) is 4.70. The van der Waals surface area contributed by atoms with Crippen LogP contribution < -0.4 is 10.5 Å². The number of nitrogens with zero attached hydrogens (tertiary/aromatic N) is 2. The summed E-state index contributed by atoms with van der Waals surface area (Å²) >= 11 is 3.47. The molecule has 2 N–H and O–H groups in total. The van der Waals surface area contributed by atoms with Crippen molar-refractivity contribution < 1.29 is 14.3 Å². The number of rotatable bonds is 0. The average Bonchev–Trinajstić information content (AvgIpc) is 2.74. The summed E-state index contributed by atoms with van der Waals surface area (Å²) in [5, 5.41) is 0. The smallest absolute Gasteiger partial charge is 0.262 e. The minimum atomic E-state index is -1.04. The molecule has 0 radical (unpaired) electrons. The summed E-state index contributed by atoms with van der Waals surface area (Å²) in [4.78, 5) is 19.0. The maximum absolute atomic E-state index is 13.0. The third-order valence-corrected chi connectivity index (χ3v) is 5.22. The Morgan fingerprint density at radius 3 is 3.05 bits per heavy atom. The summed E-state index contributed by atoms with van der Waals surface area (Å²) in [5.74, 6) is 0.654. The van der Waals surface area contributed by atoms with Gasteiger partial charge in [-0.05, 0) is 18.2 Å². The quantitative estimate of drug-likeness (QED) is 0.749. The first kappa shape index (κ1) is 14.0. The van der Waals surface area contributed by atoms with Crippen LogP contribution in [-0.2, 0) is 15.1 Å². The Morgan fingerprint density at radius 2 is 2.32 bits per heavy atom. The van der Waals surface area contributed by atoms with Crippen molar-refractivity contribution >= 4 is 27.8 Å². The summed E-state index contributed by atoms with van der Waals surface area (Å²) in [6, 6.07) is 5.68. The van der Waals surface area contributed by atoms with Gasteiger partial charge >= 0.3 is 0 Å². The van der Waals surface area contributed by atoms with E-state index >= 15 is 0 Å². The molecule has 1 amide bonds. The Bertz CT molecular complexity index is 693. The van der Waals surface area contributed by atoms with Crippen LogP contribution in [-0.4, -0.2) is 43.1 Å². The van der Waals surface area contributed by atoms with Crippen molar-refractivity contribution in [3.05, 3.63) is 28.2 Å². The molecule has 0 aromatic heterocycles. The van der Waals surface area contributed by atoms with Crippen molar-refractivity contribution in [2.24, 2.45) is 16.6 Å². The molecule has 0 unspecified atom stereocenters. The molecule has 1 aromatic carbocycles. The van der Waals surface area contributed by atoms with Gasteiger partial charge in [-0.1, -0.05) is 15.9 Å². The molecule has 0 aliphatic carbocycles.